The molecule has 3 heteroatoms. The molecule has 0 aliphatic carbocycles. The van der Waals surface area contributed by atoms with Gasteiger partial charge in [0.05, 0.1) is 12.9 Å². The van der Waals surface area contributed by atoms with E-state index in [0.29, 0.717) is 6.61 Å². The van der Waals surface area contributed by atoms with Gasteiger partial charge in [0.15, 0.2) is 0 Å². The van der Waals surface area contributed by atoms with E-state index in [-0.39, 0.29) is 0 Å². The number of hydrogen-bond donors (Lipinski definition) is 2. The van der Waals surface area contributed by atoms with Crippen molar-refractivity contribution in [3.05, 3.63) is 12.8 Å². The van der Waals surface area contributed by atoms with E-state index >= 15 is 0 Å². The predicted octanol–water partition coefficient (Wildman–Crippen LogP) is 0.346. The molecule has 0 radical (unpaired) electrons. The molecule has 0 aliphatic heterocycles. The smallest absolute Gasteiger partial charge is 0.0997 e. The molecule has 0 saturated carbocycles. The van der Waals surface area contributed by atoms with E-state index in [1.54, 1.807) is 0 Å². The summed E-state index contributed by atoms with van der Waals surface area (Å²) in [5.74, 6) is 0. The van der Waals surface area contributed by atoms with Crippen LogP contribution in [-0.2, 0) is 4.74 Å². The van der Waals surface area contributed by atoms with Crippen molar-refractivity contribution >= 4 is 0 Å². The molecule has 0 fully saturated rings. The second-order valence-electron chi connectivity index (χ2n) is 2.24. The maximum atomic E-state index is 4.93. The average Bonchev–Trinajstić information content (AvgIpc) is 2.03. The topological polar surface area (TPSA) is 33.3 Å². The minimum atomic E-state index is 0.711. The number of hydrogen-bond acceptors (Lipinski definition) is 3. The predicted molar refractivity (Wildman–Crippen MR) is 47.6 cm³/mol. The third kappa shape index (κ3) is 9.46. The Morgan fingerprint density at radius 3 is 2.82 bits per heavy atom. The Morgan fingerprint density at radius 2 is 2.18 bits per heavy atom. The molecule has 0 saturated heterocycles. The molecule has 11 heavy (non-hydrogen) atoms. The standard InChI is InChI=1S/C8H18N2O/c1-3-11-8-7-10-6-4-5-9-2/h3,9-10H,1,4-8H2,2H3. The molecule has 0 aromatic carbocycles. The second-order valence-corrected chi connectivity index (χ2v) is 2.24. The summed E-state index contributed by atoms with van der Waals surface area (Å²) in [5.41, 5.74) is 0. The van der Waals surface area contributed by atoms with Crippen molar-refractivity contribution in [3.8, 4) is 0 Å². The van der Waals surface area contributed by atoms with Crippen LogP contribution >= 0.6 is 0 Å². The number of ether oxygens (including phenoxy) is 1. The van der Waals surface area contributed by atoms with Gasteiger partial charge in [0.1, 0.15) is 0 Å². The van der Waals surface area contributed by atoms with Crippen LogP contribution in [0.1, 0.15) is 6.42 Å². The first-order chi connectivity index (χ1) is 5.41. The Morgan fingerprint density at radius 1 is 1.36 bits per heavy atom. The van der Waals surface area contributed by atoms with Crippen molar-refractivity contribution in [1.29, 1.82) is 0 Å². The molecular weight excluding hydrogens is 140 g/mol. The average molecular weight is 158 g/mol. The van der Waals surface area contributed by atoms with Gasteiger partial charge in [-0.25, -0.2) is 0 Å². The first-order valence-electron chi connectivity index (χ1n) is 3.99. The van der Waals surface area contributed by atoms with E-state index in [1.165, 1.54) is 6.26 Å². The Balaban J connectivity index is 2.74. The Hall–Kier alpha value is -0.540. The van der Waals surface area contributed by atoms with E-state index in [9.17, 15) is 0 Å². The van der Waals surface area contributed by atoms with Crippen molar-refractivity contribution in [1.82, 2.24) is 10.6 Å². The maximum Gasteiger partial charge on any atom is 0.0997 e. The molecular formula is C8H18N2O. The highest BCUT2D eigenvalue weighted by atomic mass is 16.5. The van der Waals surface area contributed by atoms with Crippen LogP contribution in [0.15, 0.2) is 12.8 Å². The molecule has 0 aromatic heterocycles. The summed E-state index contributed by atoms with van der Waals surface area (Å²) in [6, 6.07) is 0. The lowest BCUT2D eigenvalue weighted by molar-refractivity contribution is 0.250. The lowest BCUT2D eigenvalue weighted by Gasteiger charge is -2.03. The molecule has 0 rings (SSSR count). The van der Waals surface area contributed by atoms with Gasteiger partial charge in [0, 0.05) is 6.54 Å². The minimum absolute atomic E-state index is 0.711. The van der Waals surface area contributed by atoms with Gasteiger partial charge < -0.3 is 15.4 Å². The zero-order valence-electron chi connectivity index (χ0n) is 7.23. The highest BCUT2D eigenvalue weighted by molar-refractivity contribution is 4.52. The van der Waals surface area contributed by atoms with Crippen LogP contribution < -0.4 is 10.6 Å². The molecule has 0 aromatic rings. The fourth-order valence-electron chi connectivity index (χ4n) is 0.730. The third-order valence-corrected chi connectivity index (χ3v) is 1.29. The summed E-state index contributed by atoms with van der Waals surface area (Å²) in [6.45, 7) is 7.17. The molecule has 2 N–H and O–H groups in total. The zero-order valence-corrected chi connectivity index (χ0v) is 7.23. The van der Waals surface area contributed by atoms with Crippen LogP contribution in [0, 0.1) is 0 Å². The Kier molecular flexibility index (Phi) is 9.00. The fourth-order valence-corrected chi connectivity index (χ4v) is 0.730. The molecule has 0 spiro atoms. The van der Waals surface area contributed by atoms with Gasteiger partial charge in [0.2, 0.25) is 0 Å². The van der Waals surface area contributed by atoms with E-state index in [0.717, 1.165) is 26.1 Å². The Labute approximate surface area is 68.8 Å². The fraction of sp³-hybridized carbons (Fsp3) is 0.750. The maximum absolute atomic E-state index is 4.93. The van der Waals surface area contributed by atoms with Gasteiger partial charge in [0.25, 0.3) is 0 Å². The number of rotatable bonds is 8. The molecule has 0 heterocycles. The highest BCUT2D eigenvalue weighted by Gasteiger charge is 1.85. The third-order valence-electron chi connectivity index (χ3n) is 1.29. The largest absolute Gasteiger partial charge is 0.500 e. The summed E-state index contributed by atoms with van der Waals surface area (Å²) >= 11 is 0. The van der Waals surface area contributed by atoms with Gasteiger partial charge >= 0.3 is 0 Å². The SMILES string of the molecule is C=COCCNCCCNC. The van der Waals surface area contributed by atoms with E-state index in [1.807, 2.05) is 7.05 Å². The summed E-state index contributed by atoms with van der Waals surface area (Å²) in [4.78, 5) is 0. The van der Waals surface area contributed by atoms with Crippen LogP contribution in [0.25, 0.3) is 0 Å². The molecule has 3 nitrogen and oxygen atoms in total. The normalized spacial score (nSPS) is 9.55. The molecule has 0 amide bonds. The van der Waals surface area contributed by atoms with Gasteiger partial charge in [-0.2, -0.15) is 0 Å². The van der Waals surface area contributed by atoms with Gasteiger partial charge in [-0.1, -0.05) is 6.58 Å². The molecule has 0 atom stereocenters. The molecule has 66 valence electrons. The first kappa shape index (κ1) is 10.5. The van der Waals surface area contributed by atoms with E-state index in [4.69, 9.17) is 4.74 Å². The quantitative estimate of drug-likeness (QED) is 0.395. The number of nitrogens with one attached hydrogen (secondary N) is 2. The van der Waals surface area contributed by atoms with Crippen molar-refractivity contribution in [2.45, 2.75) is 6.42 Å². The Bertz CT molecular complexity index is 86.2. The first-order valence-corrected chi connectivity index (χ1v) is 3.99. The molecule has 0 unspecified atom stereocenters. The van der Waals surface area contributed by atoms with E-state index in [2.05, 4.69) is 17.2 Å². The summed E-state index contributed by atoms with van der Waals surface area (Å²) < 4.78 is 4.93. The van der Waals surface area contributed by atoms with Crippen LogP contribution in [0.5, 0.6) is 0 Å². The van der Waals surface area contributed by atoms with Crippen LogP contribution in [-0.4, -0.2) is 33.3 Å². The van der Waals surface area contributed by atoms with Crippen LogP contribution in [0.4, 0.5) is 0 Å². The molecule has 0 bridgehead atoms. The van der Waals surface area contributed by atoms with Crippen molar-refractivity contribution < 1.29 is 4.74 Å². The lowest BCUT2D eigenvalue weighted by Crippen LogP contribution is -2.22. The monoisotopic (exact) mass is 158 g/mol. The summed E-state index contributed by atoms with van der Waals surface area (Å²) in [7, 11) is 1.96. The van der Waals surface area contributed by atoms with E-state index < -0.39 is 0 Å². The van der Waals surface area contributed by atoms with Gasteiger partial charge in [-0.3, -0.25) is 0 Å². The second kappa shape index (κ2) is 9.46. The minimum Gasteiger partial charge on any atom is -0.500 e. The van der Waals surface area contributed by atoms with Crippen LogP contribution in [0.2, 0.25) is 0 Å². The van der Waals surface area contributed by atoms with Crippen LogP contribution in [0.3, 0.4) is 0 Å². The highest BCUT2D eigenvalue weighted by Crippen LogP contribution is 1.73. The van der Waals surface area contributed by atoms with Crippen molar-refractivity contribution in [2.75, 3.05) is 33.3 Å². The zero-order chi connectivity index (χ0) is 8.36. The summed E-state index contributed by atoms with van der Waals surface area (Å²) in [6.07, 6.45) is 2.62. The lowest BCUT2D eigenvalue weighted by atomic mass is 10.4. The van der Waals surface area contributed by atoms with Gasteiger partial charge in [-0.05, 0) is 26.6 Å². The van der Waals surface area contributed by atoms with Crippen molar-refractivity contribution in [3.63, 3.8) is 0 Å². The molecule has 0 aliphatic rings. The van der Waals surface area contributed by atoms with Crippen molar-refractivity contribution in [2.24, 2.45) is 0 Å². The summed E-state index contributed by atoms with van der Waals surface area (Å²) in [5, 5.41) is 6.32. The van der Waals surface area contributed by atoms with Gasteiger partial charge in [-0.15, -0.1) is 0 Å².